The van der Waals surface area contributed by atoms with Crippen molar-refractivity contribution in [3.05, 3.63) is 11.8 Å². The number of nitrogens with one attached hydrogen (secondary N) is 2. The molecule has 0 spiro atoms. The molecule has 114 valence electrons. The van der Waals surface area contributed by atoms with Crippen LogP contribution in [0.25, 0.3) is 0 Å². The van der Waals surface area contributed by atoms with Gasteiger partial charge in [0.2, 0.25) is 5.95 Å². The van der Waals surface area contributed by atoms with E-state index >= 15 is 0 Å². The Hall–Kier alpha value is -1.53. The molecule has 1 rings (SSSR count). The Morgan fingerprint density at radius 3 is 2.25 bits per heavy atom. The van der Waals surface area contributed by atoms with Gasteiger partial charge in [0.15, 0.2) is 5.69 Å². The minimum absolute atomic E-state index is 0.0122. The number of halogens is 3. The second-order valence-electron chi connectivity index (χ2n) is 5.36. The lowest BCUT2D eigenvalue weighted by Crippen LogP contribution is -2.23. The molecule has 0 unspecified atom stereocenters. The molecule has 20 heavy (non-hydrogen) atoms. The normalized spacial score (nSPS) is 12.3. The Morgan fingerprint density at radius 2 is 1.75 bits per heavy atom. The van der Waals surface area contributed by atoms with E-state index in [1.54, 1.807) is 6.92 Å². The van der Waals surface area contributed by atoms with Crippen molar-refractivity contribution >= 4 is 11.8 Å². The Bertz CT molecular complexity index is 444. The molecule has 4 nitrogen and oxygen atoms in total. The van der Waals surface area contributed by atoms with E-state index in [9.17, 15) is 13.2 Å². The molecule has 1 heterocycles. The number of aromatic nitrogens is 2. The first-order valence-corrected chi connectivity index (χ1v) is 6.62. The SMILES string of the molecule is CCNc1nc(NCC(C)(C)CC)cc(C(F)(F)F)n1. The predicted octanol–water partition coefficient (Wildman–Crippen LogP) is 3.78. The van der Waals surface area contributed by atoms with Crippen molar-refractivity contribution in [3.8, 4) is 0 Å². The average molecular weight is 290 g/mol. The van der Waals surface area contributed by atoms with Gasteiger partial charge in [-0.05, 0) is 18.8 Å². The Balaban J connectivity index is 2.97. The topological polar surface area (TPSA) is 49.8 Å². The summed E-state index contributed by atoms with van der Waals surface area (Å²) in [5.41, 5.74) is -0.956. The van der Waals surface area contributed by atoms with Crippen LogP contribution in [0.2, 0.25) is 0 Å². The van der Waals surface area contributed by atoms with E-state index in [4.69, 9.17) is 0 Å². The maximum Gasteiger partial charge on any atom is 0.433 e. The lowest BCUT2D eigenvalue weighted by Gasteiger charge is -2.23. The summed E-state index contributed by atoms with van der Waals surface area (Å²) in [7, 11) is 0. The van der Waals surface area contributed by atoms with Gasteiger partial charge in [0, 0.05) is 19.2 Å². The largest absolute Gasteiger partial charge is 0.433 e. The van der Waals surface area contributed by atoms with Crippen LogP contribution in [0.1, 0.15) is 39.8 Å². The summed E-state index contributed by atoms with van der Waals surface area (Å²) in [6, 6.07) is 0.937. The number of alkyl halides is 3. The van der Waals surface area contributed by atoms with E-state index in [0.29, 0.717) is 13.1 Å². The molecule has 0 atom stereocenters. The molecular formula is C13H21F3N4. The number of nitrogens with zero attached hydrogens (tertiary/aromatic N) is 2. The number of hydrogen-bond donors (Lipinski definition) is 2. The van der Waals surface area contributed by atoms with Crippen LogP contribution in [-0.2, 0) is 6.18 Å². The summed E-state index contributed by atoms with van der Waals surface area (Å²) in [6.07, 6.45) is -3.57. The molecule has 1 aromatic rings. The summed E-state index contributed by atoms with van der Waals surface area (Å²) < 4.78 is 38.3. The zero-order chi connectivity index (χ0) is 15.4. The van der Waals surface area contributed by atoms with Crippen molar-refractivity contribution < 1.29 is 13.2 Å². The highest BCUT2D eigenvalue weighted by Crippen LogP contribution is 2.30. The van der Waals surface area contributed by atoms with E-state index in [1.807, 2.05) is 20.8 Å². The minimum atomic E-state index is -4.48. The van der Waals surface area contributed by atoms with Crippen molar-refractivity contribution in [2.45, 2.75) is 40.3 Å². The molecule has 0 aliphatic rings. The molecule has 0 saturated carbocycles. The first-order chi connectivity index (χ1) is 9.18. The molecule has 0 bridgehead atoms. The Morgan fingerprint density at radius 1 is 1.10 bits per heavy atom. The third-order valence-electron chi connectivity index (χ3n) is 3.06. The average Bonchev–Trinajstić information content (AvgIpc) is 2.36. The first-order valence-electron chi connectivity index (χ1n) is 6.62. The maximum atomic E-state index is 12.8. The highest BCUT2D eigenvalue weighted by Gasteiger charge is 2.33. The molecule has 0 fully saturated rings. The monoisotopic (exact) mass is 290 g/mol. The van der Waals surface area contributed by atoms with Crippen LogP contribution in [0, 0.1) is 5.41 Å². The third-order valence-corrected chi connectivity index (χ3v) is 3.06. The Labute approximate surface area is 117 Å². The van der Waals surface area contributed by atoms with Gasteiger partial charge in [-0.2, -0.15) is 18.2 Å². The molecule has 0 amide bonds. The van der Waals surface area contributed by atoms with Crippen LogP contribution in [0.3, 0.4) is 0 Å². The number of rotatable bonds is 6. The van der Waals surface area contributed by atoms with Gasteiger partial charge in [-0.25, -0.2) is 4.98 Å². The molecule has 0 saturated heterocycles. The van der Waals surface area contributed by atoms with Crippen molar-refractivity contribution in [3.63, 3.8) is 0 Å². The lowest BCUT2D eigenvalue weighted by molar-refractivity contribution is -0.141. The van der Waals surface area contributed by atoms with Gasteiger partial charge in [0.25, 0.3) is 0 Å². The molecule has 2 N–H and O–H groups in total. The van der Waals surface area contributed by atoms with Crippen LogP contribution in [0.4, 0.5) is 24.9 Å². The molecule has 0 aliphatic carbocycles. The van der Waals surface area contributed by atoms with Gasteiger partial charge in [-0.1, -0.05) is 20.8 Å². The maximum absolute atomic E-state index is 12.8. The van der Waals surface area contributed by atoms with Gasteiger partial charge < -0.3 is 10.6 Å². The molecule has 0 aliphatic heterocycles. The number of hydrogen-bond acceptors (Lipinski definition) is 4. The van der Waals surface area contributed by atoms with E-state index < -0.39 is 11.9 Å². The predicted molar refractivity (Wildman–Crippen MR) is 73.8 cm³/mol. The molecular weight excluding hydrogens is 269 g/mol. The quantitative estimate of drug-likeness (QED) is 0.837. The fourth-order valence-electron chi connectivity index (χ4n) is 1.38. The van der Waals surface area contributed by atoms with Gasteiger partial charge in [-0.15, -0.1) is 0 Å². The van der Waals surface area contributed by atoms with Crippen LogP contribution >= 0.6 is 0 Å². The second-order valence-corrected chi connectivity index (χ2v) is 5.36. The van der Waals surface area contributed by atoms with E-state index in [0.717, 1.165) is 12.5 Å². The van der Waals surface area contributed by atoms with Crippen LogP contribution in [0.15, 0.2) is 6.07 Å². The van der Waals surface area contributed by atoms with Crippen LogP contribution in [-0.4, -0.2) is 23.1 Å². The van der Waals surface area contributed by atoms with Gasteiger partial charge in [0.05, 0.1) is 0 Å². The second kappa shape index (κ2) is 6.28. The third kappa shape index (κ3) is 4.86. The number of anilines is 2. The smallest absolute Gasteiger partial charge is 0.369 e. The highest BCUT2D eigenvalue weighted by molar-refractivity contribution is 5.43. The van der Waals surface area contributed by atoms with Gasteiger partial charge >= 0.3 is 6.18 Å². The standard InChI is InChI=1S/C13H21F3N4/c1-5-12(3,4)8-18-10-7-9(13(14,15)16)19-11(20-10)17-6-2/h7H,5-6,8H2,1-4H3,(H2,17,18,19,20). The molecule has 0 aromatic carbocycles. The van der Waals surface area contributed by atoms with E-state index in [2.05, 4.69) is 20.6 Å². The van der Waals surface area contributed by atoms with Gasteiger partial charge in [-0.3, -0.25) is 0 Å². The summed E-state index contributed by atoms with van der Waals surface area (Å²) in [5, 5.41) is 5.67. The molecule has 1 aromatic heterocycles. The fourth-order valence-corrected chi connectivity index (χ4v) is 1.38. The minimum Gasteiger partial charge on any atom is -0.369 e. The van der Waals surface area contributed by atoms with Gasteiger partial charge in [0.1, 0.15) is 5.82 Å². The summed E-state index contributed by atoms with van der Waals surface area (Å²) in [5.74, 6) is 0.170. The zero-order valence-electron chi connectivity index (χ0n) is 12.2. The lowest BCUT2D eigenvalue weighted by atomic mass is 9.90. The van der Waals surface area contributed by atoms with Crippen LogP contribution < -0.4 is 10.6 Å². The first kappa shape index (κ1) is 16.5. The molecule has 0 radical (unpaired) electrons. The zero-order valence-corrected chi connectivity index (χ0v) is 12.2. The summed E-state index contributed by atoms with van der Waals surface area (Å²) in [4.78, 5) is 7.51. The highest BCUT2D eigenvalue weighted by atomic mass is 19.4. The summed E-state index contributed by atoms with van der Waals surface area (Å²) >= 11 is 0. The van der Waals surface area contributed by atoms with Crippen molar-refractivity contribution in [2.24, 2.45) is 5.41 Å². The van der Waals surface area contributed by atoms with E-state index in [-0.39, 0.29) is 17.2 Å². The van der Waals surface area contributed by atoms with Crippen molar-refractivity contribution in [1.29, 1.82) is 0 Å². The Kier molecular flexibility index (Phi) is 5.19. The van der Waals surface area contributed by atoms with Crippen LogP contribution in [0.5, 0.6) is 0 Å². The van der Waals surface area contributed by atoms with E-state index in [1.165, 1.54) is 0 Å². The summed E-state index contributed by atoms with van der Waals surface area (Å²) in [6.45, 7) is 8.89. The molecule has 7 heteroatoms. The fraction of sp³-hybridized carbons (Fsp3) is 0.692. The van der Waals surface area contributed by atoms with Crippen molar-refractivity contribution in [1.82, 2.24) is 9.97 Å². The van der Waals surface area contributed by atoms with Crippen molar-refractivity contribution in [2.75, 3.05) is 23.7 Å².